The molecule has 2 heterocycles. The number of anilines is 1. The van der Waals surface area contributed by atoms with Gasteiger partial charge >= 0.3 is 5.97 Å². The van der Waals surface area contributed by atoms with E-state index in [9.17, 15) is 4.79 Å². The molecule has 5 rings (SSSR count). The van der Waals surface area contributed by atoms with Gasteiger partial charge in [-0.15, -0.1) is 10.2 Å². The van der Waals surface area contributed by atoms with Gasteiger partial charge in [0.05, 0.1) is 12.3 Å². The van der Waals surface area contributed by atoms with E-state index in [0.717, 1.165) is 46.9 Å². The summed E-state index contributed by atoms with van der Waals surface area (Å²) in [5.74, 6) is 0.290. The summed E-state index contributed by atoms with van der Waals surface area (Å²) in [6.07, 6.45) is 4.73. The molecular weight excluding hydrogens is 460 g/mol. The fraction of sp³-hybridized carbons (Fsp3) is 0.346. The summed E-state index contributed by atoms with van der Waals surface area (Å²) in [4.78, 5) is 20.1. The number of aryl methyl sites for hydroxylation is 1. The number of nitrogens with zero attached hydrogens (tertiary/aromatic N) is 5. The van der Waals surface area contributed by atoms with E-state index in [0.29, 0.717) is 23.4 Å². The summed E-state index contributed by atoms with van der Waals surface area (Å²) < 4.78 is 5.24. The highest BCUT2D eigenvalue weighted by atomic mass is 32.1. The molecule has 0 saturated heterocycles. The molecule has 1 fully saturated rings. The number of carbonyl (C=O) groups excluding carboxylic acids is 1. The Labute approximate surface area is 208 Å². The van der Waals surface area contributed by atoms with Crippen LogP contribution in [0.15, 0.2) is 48.5 Å². The summed E-state index contributed by atoms with van der Waals surface area (Å²) in [5, 5.41) is 15.4. The van der Waals surface area contributed by atoms with Crippen molar-refractivity contribution in [3.8, 4) is 22.5 Å². The van der Waals surface area contributed by atoms with E-state index in [4.69, 9.17) is 9.72 Å². The highest BCUT2D eigenvalue weighted by Crippen LogP contribution is 2.35. The third-order valence-corrected chi connectivity index (χ3v) is 7.56. The van der Waals surface area contributed by atoms with Gasteiger partial charge in [0, 0.05) is 18.2 Å². The Kier molecular flexibility index (Phi) is 6.85. The molecule has 2 aromatic heterocycles. The zero-order chi connectivity index (χ0) is 24.2. The second-order valence-electron chi connectivity index (χ2n) is 8.68. The number of thiazole rings is 1. The largest absolute Gasteiger partial charge is 0.462 e. The van der Waals surface area contributed by atoms with Crippen molar-refractivity contribution in [3.05, 3.63) is 64.7 Å². The Morgan fingerprint density at radius 3 is 2.54 bits per heavy atom. The number of hydrogen-bond acceptors (Lipinski definition) is 8. The molecule has 0 atom stereocenters. The average Bonchev–Trinajstić information content (AvgIpc) is 3.66. The van der Waals surface area contributed by atoms with E-state index >= 15 is 0 Å². The monoisotopic (exact) mass is 488 g/mol. The fourth-order valence-electron chi connectivity index (χ4n) is 4.65. The van der Waals surface area contributed by atoms with Crippen molar-refractivity contribution in [2.75, 3.05) is 11.5 Å². The lowest BCUT2D eigenvalue weighted by molar-refractivity contribution is 0.0531. The number of rotatable bonds is 8. The van der Waals surface area contributed by atoms with Crippen molar-refractivity contribution in [2.45, 2.75) is 52.1 Å². The van der Waals surface area contributed by atoms with Gasteiger partial charge in [0.15, 0.2) is 5.13 Å². The molecule has 2 aromatic carbocycles. The van der Waals surface area contributed by atoms with Gasteiger partial charge in [-0.1, -0.05) is 72.7 Å². The van der Waals surface area contributed by atoms with Crippen LogP contribution >= 0.6 is 11.3 Å². The lowest BCUT2D eigenvalue weighted by Gasteiger charge is -2.28. The zero-order valence-electron chi connectivity index (χ0n) is 19.9. The second-order valence-corrected chi connectivity index (χ2v) is 9.65. The summed E-state index contributed by atoms with van der Waals surface area (Å²) in [7, 11) is 0. The van der Waals surface area contributed by atoms with Gasteiger partial charge in [-0.2, -0.15) is 5.21 Å². The molecule has 1 saturated carbocycles. The number of aromatic amines is 1. The van der Waals surface area contributed by atoms with Crippen LogP contribution in [0, 0.1) is 6.92 Å². The lowest BCUT2D eigenvalue weighted by atomic mass is 9.98. The van der Waals surface area contributed by atoms with Gasteiger partial charge in [-0.05, 0) is 48.6 Å². The molecule has 8 nitrogen and oxygen atoms in total. The molecular formula is C26H28N6O2S. The van der Waals surface area contributed by atoms with Crippen molar-refractivity contribution in [3.63, 3.8) is 0 Å². The number of esters is 1. The molecule has 9 heteroatoms. The molecule has 0 unspecified atom stereocenters. The van der Waals surface area contributed by atoms with Crippen LogP contribution in [0.25, 0.3) is 22.5 Å². The molecule has 180 valence electrons. The van der Waals surface area contributed by atoms with E-state index in [1.807, 2.05) is 32.0 Å². The minimum Gasteiger partial charge on any atom is -0.462 e. The van der Waals surface area contributed by atoms with Crippen LogP contribution in [0.2, 0.25) is 0 Å². The first kappa shape index (κ1) is 23.2. The molecule has 0 spiro atoms. The predicted molar refractivity (Wildman–Crippen MR) is 136 cm³/mol. The SMILES string of the molecule is CCOC(=O)c1sc(N(Cc2ccc(-c3ccccc3-c3nn[nH]n3)cc2)C2CCCC2)nc1C. The van der Waals surface area contributed by atoms with Crippen LogP contribution < -0.4 is 4.90 Å². The first-order valence-electron chi connectivity index (χ1n) is 12.0. The Balaban J connectivity index is 1.41. The van der Waals surface area contributed by atoms with Crippen LogP contribution in [0.5, 0.6) is 0 Å². The van der Waals surface area contributed by atoms with E-state index < -0.39 is 0 Å². The first-order valence-corrected chi connectivity index (χ1v) is 12.8. The minimum absolute atomic E-state index is 0.287. The topological polar surface area (TPSA) is 96.9 Å². The van der Waals surface area contributed by atoms with E-state index in [2.05, 4.69) is 55.9 Å². The first-order chi connectivity index (χ1) is 17.1. The summed E-state index contributed by atoms with van der Waals surface area (Å²) >= 11 is 1.44. The standard InChI is InChI=1S/C26H28N6O2S/c1-3-34-25(33)23-17(2)27-26(35-23)32(20-8-4-5-9-20)16-18-12-14-19(15-13-18)21-10-6-7-11-22(21)24-28-30-31-29-24/h6-7,10-15,20H,3-5,8-9,16H2,1-2H3,(H,28,29,30,31). The molecule has 0 amide bonds. The van der Waals surface area contributed by atoms with Crippen molar-refractivity contribution in [1.29, 1.82) is 0 Å². The highest BCUT2D eigenvalue weighted by molar-refractivity contribution is 7.17. The number of benzene rings is 2. The molecule has 0 aliphatic heterocycles. The molecule has 0 bridgehead atoms. The highest BCUT2D eigenvalue weighted by Gasteiger charge is 2.27. The Bertz CT molecular complexity index is 1280. The van der Waals surface area contributed by atoms with Gasteiger partial charge in [-0.25, -0.2) is 9.78 Å². The molecule has 4 aromatic rings. The summed E-state index contributed by atoms with van der Waals surface area (Å²) in [6, 6.07) is 17.1. The minimum atomic E-state index is -0.287. The average molecular weight is 489 g/mol. The third-order valence-electron chi connectivity index (χ3n) is 6.39. The number of nitrogens with one attached hydrogen (secondary N) is 1. The van der Waals surface area contributed by atoms with Gasteiger partial charge in [-0.3, -0.25) is 0 Å². The normalized spacial score (nSPS) is 13.8. The van der Waals surface area contributed by atoms with Crippen molar-refractivity contribution in [1.82, 2.24) is 25.6 Å². The van der Waals surface area contributed by atoms with Gasteiger partial charge in [0.2, 0.25) is 5.82 Å². The maximum atomic E-state index is 12.4. The Hall–Kier alpha value is -3.59. The van der Waals surface area contributed by atoms with Crippen LogP contribution in [0.1, 0.15) is 53.5 Å². The Morgan fingerprint density at radius 1 is 1.11 bits per heavy atom. The van der Waals surface area contributed by atoms with Crippen molar-refractivity contribution >= 4 is 22.4 Å². The van der Waals surface area contributed by atoms with Crippen LogP contribution in [-0.4, -0.2) is 44.2 Å². The Morgan fingerprint density at radius 2 is 1.86 bits per heavy atom. The fourth-order valence-corrected chi connectivity index (χ4v) is 5.68. The van der Waals surface area contributed by atoms with Crippen LogP contribution in [0.3, 0.4) is 0 Å². The van der Waals surface area contributed by atoms with Crippen molar-refractivity contribution < 1.29 is 9.53 Å². The summed E-state index contributed by atoms with van der Waals surface area (Å²) in [5.41, 5.74) is 5.02. The number of carbonyl (C=O) groups is 1. The summed E-state index contributed by atoms with van der Waals surface area (Å²) in [6.45, 7) is 4.81. The van der Waals surface area contributed by atoms with E-state index in [1.54, 1.807) is 0 Å². The molecule has 1 aliphatic rings. The number of ether oxygens (including phenoxy) is 1. The van der Waals surface area contributed by atoms with E-state index in [1.165, 1.54) is 29.7 Å². The maximum absolute atomic E-state index is 12.4. The molecule has 1 N–H and O–H groups in total. The van der Waals surface area contributed by atoms with Gasteiger partial charge in [0.1, 0.15) is 4.88 Å². The molecule has 1 aliphatic carbocycles. The van der Waals surface area contributed by atoms with Crippen molar-refractivity contribution in [2.24, 2.45) is 0 Å². The van der Waals surface area contributed by atoms with E-state index in [-0.39, 0.29) is 5.97 Å². The zero-order valence-corrected chi connectivity index (χ0v) is 20.7. The number of hydrogen-bond donors (Lipinski definition) is 1. The van der Waals surface area contributed by atoms with Gasteiger partial charge < -0.3 is 9.64 Å². The quantitative estimate of drug-likeness (QED) is 0.331. The van der Waals surface area contributed by atoms with Crippen LogP contribution in [0.4, 0.5) is 5.13 Å². The number of aromatic nitrogens is 5. The number of tetrazole rings is 1. The van der Waals surface area contributed by atoms with Gasteiger partial charge in [0.25, 0.3) is 0 Å². The number of H-pyrrole nitrogens is 1. The molecule has 35 heavy (non-hydrogen) atoms. The smallest absolute Gasteiger partial charge is 0.350 e. The third kappa shape index (κ3) is 4.95. The molecule has 0 radical (unpaired) electrons. The van der Waals surface area contributed by atoms with Crippen LogP contribution in [-0.2, 0) is 11.3 Å². The maximum Gasteiger partial charge on any atom is 0.350 e. The predicted octanol–water partition coefficient (Wildman–Crippen LogP) is 5.42. The lowest BCUT2D eigenvalue weighted by Crippen LogP contribution is -2.32. The second kappa shape index (κ2) is 10.4.